The summed E-state index contributed by atoms with van der Waals surface area (Å²) >= 11 is 1.58. The van der Waals surface area contributed by atoms with Crippen LogP contribution in [0.2, 0.25) is 0 Å². The van der Waals surface area contributed by atoms with Crippen molar-refractivity contribution in [2.75, 3.05) is 18.8 Å². The minimum atomic E-state index is -0.133. The standard InChI is InChI=1S/C13H17FN2OS/c1-9(17)15-6-7-16-12-5-8-18-13-10(12)3-2-4-11(13)14/h2-4,12,16H,5-8H2,1H3,(H,15,17). The lowest BCUT2D eigenvalue weighted by atomic mass is 10.0. The van der Waals surface area contributed by atoms with E-state index in [4.69, 9.17) is 0 Å². The molecule has 1 aliphatic rings. The predicted octanol–water partition coefficient (Wildman–Crippen LogP) is 2.09. The van der Waals surface area contributed by atoms with Gasteiger partial charge in [-0.1, -0.05) is 12.1 Å². The minimum absolute atomic E-state index is 0.0255. The van der Waals surface area contributed by atoms with Gasteiger partial charge in [0.25, 0.3) is 0 Å². The highest BCUT2D eigenvalue weighted by Gasteiger charge is 2.22. The molecule has 0 radical (unpaired) electrons. The third kappa shape index (κ3) is 3.23. The van der Waals surface area contributed by atoms with E-state index in [2.05, 4.69) is 10.6 Å². The molecule has 0 bridgehead atoms. The summed E-state index contributed by atoms with van der Waals surface area (Å²) in [5.41, 5.74) is 1.04. The number of benzene rings is 1. The Kier molecular flexibility index (Phi) is 4.60. The van der Waals surface area contributed by atoms with E-state index in [0.717, 1.165) is 22.6 Å². The zero-order valence-corrected chi connectivity index (χ0v) is 11.1. The molecule has 1 aliphatic heterocycles. The summed E-state index contributed by atoms with van der Waals surface area (Å²) in [4.78, 5) is 11.5. The Balaban J connectivity index is 1.96. The Hall–Kier alpha value is -1.07. The molecule has 5 heteroatoms. The largest absolute Gasteiger partial charge is 0.355 e. The molecule has 0 saturated carbocycles. The number of thioether (sulfide) groups is 1. The number of nitrogens with one attached hydrogen (secondary N) is 2. The highest BCUT2D eigenvalue weighted by Crippen LogP contribution is 2.37. The first-order valence-electron chi connectivity index (χ1n) is 6.07. The summed E-state index contributed by atoms with van der Waals surface area (Å²) in [6.45, 7) is 2.80. The molecule has 1 heterocycles. The van der Waals surface area contributed by atoms with Crippen LogP contribution in [0.3, 0.4) is 0 Å². The molecule has 3 nitrogen and oxygen atoms in total. The molecule has 0 aliphatic carbocycles. The van der Waals surface area contributed by atoms with Crippen molar-refractivity contribution in [1.82, 2.24) is 10.6 Å². The van der Waals surface area contributed by atoms with Gasteiger partial charge in [0.15, 0.2) is 0 Å². The lowest BCUT2D eigenvalue weighted by molar-refractivity contribution is -0.118. The van der Waals surface area contributed by atoms with Crippen LogP contribution >= 0.6 is 11.8 Å². The van der Waals surface area contributed by atoms with Crippen molar-refractivity contribution in [3.05, 3.63) is 29.6 Å². The number of hydrogen-bond donors (Lipinski definition) is 2. The molecule has 0 fully saturated rings. The van der Waals surface area contributed by atoms with Crippen molar-refractivity contribution >= 4 is 17.7 Å². The first kappa shape index (κ1) is 13.4. The van der Waals surface area contributed by atoms with E-state index in [1.165, 1.54) is 13.0 Å². The molecule has 1 amide bonds. The van der Waals surface area contributed by atoms with E-state index < -0.39 is 0 Å². The second-order valence-electron chi connectivity index (χ2n) is 4.28. The van der Waals surface area contributed by atoms with Crippen LogP contribution in [0.4, 0.5) is 4.39 Å². The van der Waals surface area contributed by atoms with Gasteiger partial charge in [-0.3, -0.25) is 4.79 Å². The van der Waals surface area contributed by atoms with Gasteiger partial charge in [0.05, 0.1) is 0 Å². The number of fused-ring (bicyclic) bond motifs is 1. The maximum atomic E-state index is 13.6. The van der Waals surface area contributed by atoms with Crippen LogP contribution in [0.1, 0.15) is 24.9 Å². The van der Waals surface area contributed by atoms with E-state index in [-0.39, 0.29) is 17.8 Å². The number of halogens is 1. The van der Waals surface area contributed by atoms with Crippen LogP contribution in [0.5, 0.6) is 0 Å². The third-order valence-corrected chi connectivity index (χ3v) is 4.07. The van der Waals surface area contributed by atoms with Crippen LogP contribution in [0.25, 0.3) is 0 Å². The van der Waals surface area contributed by atoms with E-state index in [0.29, 0.717) is 13.1 Å². The van der Waals surface area contributed by atoms with Crippen molar-refractivity contribution in [2.24, 2.45) is 0 Å². The highest BCUT2D eigenvalue weighted by atomic mass is 32.2. The van der Waals surface area contributed by atoms with Crippen molar-refractivity contribution in [2.45, 2.75) is 24.3 Å². The topological polar surface area (TPSA) is 41.1 Å². The summed E-state index contributed by atoms with van der Waals surface area (Å²) in [6, 6.07) is 5.42. The molecule has 18 heavy (non-hydrogen) atoms. The molecule has 1 aromatic rings. The molecular weight excluding hydrogens is 251 g/mol. The quantitative estimate of drug-likeness (QED) is 0.822. The number of rotatable bonds is 4. The Morgan fingerprint density at radius 1 is 1.50 bits per heavy atom. The molecule has 1 atom stereocenters. The summed E-state index contributed by atoms with van der Waals surface area (Å²) < 4.78 is 13.6. The van der Waals surface area contributed by atoms with Crippen molar-refractivity contribution < 1.29 is 9.18 Å². The molecular formula is C13H17FN2OS. The molecule has 0 aromatic heterocycles. The van der Waals surface area contributed by atoms with E-state index in [1.807, 2.05) is 6.07 Å². The Labute approximate surface area is 111 Å². The summed E-state index contributed by atoms with van der Waals surface area (Å²) in [7, 11) is 0. The van der Waals surface area contributed by atoms with Gasteiger partial charge in [0.2, 0.25) is 5.91 Å². The number of carbonyl (C=O) groups excluding carboxylic acids is 1. The van der Waals surface area contributed by atoms with Gasteiger partial charge in [-0.25, -0.2) is 4.39 Å². The SMILES string of the molecule is CC(=O)NCCNC1CCSc2c(F)cccc21. The first-order chi connectivity index (χ1) is 8.68. The normalized spacial score (nSPS) is 18.2. The number of carbonyl (C=O) groups is 1. The monoisotopic (exact) mass is 268 g/mol. The van der Waals surface area contributed by atoms with Gasteiger partial charge < -0.3 is 10.6 Å². The minimum Gasteiger partial charge on any atom is -0.355 e. The Morgan fingerprint density at radius 3 is 3.11 bits per heavy atom. The fraction of sp³-hybridized carbons (Fsp3) is 0.462. The second kappa shape index (κ2) is 6.20. The van der Waals surface area contributed by atoms with Crippen LogP contribution in [-0.4, -0.2) is 24.7 Å². The summed E-state index contributed by atoms with van der Waals surface area (Å²) in [6.07, 6.45) is 0.987. The van der Waals surface area contributed by atoms with Gasteiger partial charge in [0.1, 0.15) is 5.82 Å². The smallest absolute Gasteiger partial charge is 0.216 e. The van der Waals surface area contributed by atoms with Crippen molar-refractivity contribution in [3.8, 4) is 0 Å². The molecule has 0 saturated heterocycles. The molecule has 2 N–H and O–H groups in total. The van der Waals surface area contributed by atoms with Crippen molar-refractivity contribution in [1.29, 1.82) is 0 Å². The first-order valence-corrected chi connectivity index (χ1v) is 7.06. The van der Waals surface area contributed by atoms with Crippen molar-refractivity contribution in [3.63, 3.8) is 0 Å². The van der Waals surface area contributed by atoms with Crippen LogP contribution in [0, 0.1) is 5.82 Å². The van der Waals surface area contributed by atoms with Crippen LogP contribution < -0.4 is 10.6 Å². The summed E-state index contributed by atoms with van der Waals surface area (Å²) in [5, 5.41) is 6.11. The van der Waals surface area contributed by atoms with Crippen LogP contribution in [-0.2, 0) is 4.79 Å². The van der Waals surface area contributed by atoms with Gasteiger partial charge >= 0.3 is 0 Å². The highest BCUT2D eigenvalue weighted by molar-refractivity contribution is 7.99. The number of hydrogen-bond acceptors (Lipinski definition) is 3. The molecule has 1 unspecified atom stereocenters. The average Bonchev–Trinajstić information content (AvgIpc) is 2.35. The Morgan fingerprint density at radius 2 is 2.33 bits per heavy atom. The van der Waals surface area contributed by atoms with E-state index >= 15 is 0 Å². The van der Waals surface area contributed by atoms with E-state index in [9.17, 15) is 9.18 Å². The predicted molar refractivity (Wildman–Crippen MR) is 71.2 cm³/mol. The molecule has 1 aromatic carbocycles. The van der Waals surface area contributed by atoms with Crippen LogP contribution in [0.15, 0.2) is 23.1 Å². The van der Waals surface area contributed by atoms with Gasteiger partial charge in [0, 0.05) is 31.0 Å². The maximum Gasteiger partial charge on any atom is 0.216 e. The lowest BCUT2D eigenvalue weighted by Crippen LogP contribution is -2.33. The molecule has 98 valence electrons. The zero-order chi connectivity index (χ0) is 13.0. The van der Waals surface area contributed by atoms with Gasteiger partial charge in [-0.15, -0.1) is 11.8 Å². The average molecular weight is 268 g/mol. The zero-order valence-electron chi connectivity index (χ0n) is 10.3. The fourth-order valence-corrected chi connectivity index (χ4v) is 3.22. The van der Waals surface area contributed by atoms with E-state index in [1.54, 1.807) is 17.8 Å². The fourth-order valence-electron chi connectivity index (χ4n) is 2.08. The van der Waals surface area contributed by atoms with Gasteiger partial charge in [-0.05, 0) is 23.8 Å². The third-order valence-electron chi connectivity index (χ3n) is 2.92. The second-order valence-corrected chi connectivity index (χ2v) is 5.39. The Bertz CT molecular complexity index is 439. The summed E-state index contributed by atoms with van der Waals surface area (Å²) in [5.74, 6) is 0.763. The number of amides is 1. The lowest BCUT2D eigenvalue weighted by Gasteiger charge is -2.26. The molecule has 2 rings (SSSR count). The molecule has 0 spiro atoms. The maximum absolute atomic E-state index is 13.6. The van der Waals surface area contributed by atoms with Gasteiger partial charge in [-0.2, -0.15) is 0 Å².